The Morgan fingerprint density at radius 1 is 1.07 bits per heavy atom. The van der Waals surface area contributed by atoms with Crippen LogP contribution in [-0.2, 0) is 11.3 Å². The minimum Gasteiger partial charge on any atom is -0.318 e. The minimum atomic E-state index is -0.728. The summed E-state index contributed by atoms with van der Waals surface area (Å²) in [6, 6.07) is 19.8. The second-order valence-corrected chi connectivity index (χ2v) is 6.61. The van der Waals surface area contributed by atoms with Gasteiger partial charge < -0.3 is 10.2 Å². The number of pyridine rings is 1. The molecule has 0 spiro atoms. The predicted octanol–water partition coefficient (Wildman–Crippen LogP) is 3.73. The third-order valence-corrected chi connectivity index (χ3v) is 4.69. The number of nitrogens with one attached hydrogen (secondary N) is 1. The molecule has 1 aliphatic heterocycles. The lowest BCUT2D eigenvalue weighted by Gasteiger charge is -2.27. The summed E-state index contributed by atoms with van der Waals surface area (Å²) in [6.07, 6.45) is 1.65. The number of fused-ring (bicyclic) bond motifs is 1. The maximum Gasteiger partial charge on any atom is 0.255 e. The number of rotatable bonds is 4. The van der Waals surface area contributed by atoms with E-state index < -0.39 is 6.04 Å². The minimum absolute atomic E-state index is 0.133. The summed E-state index contributed by atoms with van der Waals surface area (Å²) in [7, 11) is 0. The van der Waals surface area contributed by atoms with Crippen LogP contribution in [0.3, 0.4) is 0 Å². The Kier molecular flexibility index (Phi) is 4.42. The molecule has 0 aliphatic carbocycles. The summed E-state index contributed by atoms with van der Waals surface area (Å²) in [5.41, 5.74) is 3.36. The lowest BCUT2D eigenvalue weighted by atomic mass is 10.0. The van der Waals surface area contributed by atoms with Gasteiger partial charge in [0.05, 0.1) is 0 Å². The van der Waals surface area contributed by atoms with Crippen molar-refractivity contribution in [1.82, 2.24) is 9.88 Å². The molecule has 0 saturated heterocycles. The fourth-order valence-corrected chi connectivity index (χ4v) is 3.39. The van der Waals surface area contributed by atoms with Gasteiger partial charge in [-0.3, -0.25) is 9.59 Å². The maximum absolute atomic E-state index is 13.2. The van der Waals surface area contributed by atoms with Crippen LogP contribution in [0.15, 0.2) is 72.9 Å². The predicted molar refractivity (Wildman–Crippen MR) is 103 cm³/mol. The molecule has 1 aromatic heterocycles. The molecule has 5 nitrogen and oxygen atoms in total. The highest BCUT2D eigenvalue weighted by Crippen LogP contribution is 2.32. The number of aryl methyl sites for hydroxylation is 1. The quantitative estimate of drug-likeness (QED) is 0.774. The van der Waals surface area contributed by atoms with Crippen LogP contribution in [0.1, 0.15) is 33.1 Å². The van der Waals surface area contributed by atoms with Crippen molar-refractivity contribution in [3.05, 3.63) is 95.2 Å². The number of hydrogen-bond donors (Lipinski definition) is 1. The van der Waals surface area contributed by atoms with E-state index >= 15 is 0 Å². The molecule has 0 radical (unpaired) electrons. The summed E-state index contributed by atoms with van der Waals surface area (Å²) < 4.78 is 0. The van der Waals surface area contributed by atoms with Crippen molar-refractivity contribution in [2.75, 3.05) is 5.32 Å². The van der Waals surface area contributed by atoms with Gasteiger partial charge in [0.1, 0.15) is 11.9 Å². The van der Waals surface area contributed by atoms with Gasteiger partial charge in [-0.25, -0.2) is 4.98 Å². The molecule has 0 fully saturated rings. The highest BCUT2D eigenvalue weighted by Gasteiger charge is 2.37. The van der Waals surface area contributed by atoms with Gasteiger partial charge in [-0.05, 0) is 41.8 Å². The second-order valence-electron chi connectivity index (χ2n) is 6.61. The Morgan fingerprint density at radius 2 is 1.81 bits per heavy atom. The summed E-state index contributed by atoms with van der Waals surface area (Å²) >= 11 is 0. The molecule has 0 saturated carbocycles. The van der Waals surface area contributed by atoms with Crippen molar-refractivity contribution in [2.45, 2.75) is 19.5 Å². The molecule has 5 heteroatoms. The van der Waals surface area contributed by atoms with Crippen molar-refractivity contribution in [3.63, 3.8) is 0 Å². The average molecular weight is 357 g/mol. The van der Waals surface area contributed by atoms with E-state index in [0.717, 1.165) is 16.7 Å². The van der Waals surface area contributed by atoms with Gasteiger partial charge in [0.15, 0.2) is 0 Å². The van der Waals surface area contributed by atoms with Crippen LogP contribution in [0.5, 0.6) is 0 Å². The molecule has 1 N–H and O–H groups in total. The number of carbonyl (C=O) groups is 2. The topological polar surface area (TPSA) is 62.3 Å². The number of nitrogens with zero attached hydrogens (tertiary/aromatic N) is 2. The monoisotopic (exact) mass is 357 g/mol. The number of hydrogen-bond acceptors (Lipinski definition) is 3. The van der Waals surface area contributed by atoms with Crippen molar-refractivity contribution in [3.8, 4) is 0 Å². The van der Waals surface area contributed by atoms with Gasteiger partial charge >= 0.3 is 0 Å². The standard InChI is InChI=1S/C22H19N3O2/c1-15-11-12-23-19(13-15)24-21(26)20(16-7-3-2-4-8-16)25-14-17-9-5-6-10-18(17)22(25)27/h2-13,20H,14H2,1H3,(H,23,24,26)/t20-/m1/s1. The van der Waals surface area contributed by atoms with Crippen LogP contribution in [0.4, 0.5) is 5.82 Å². The van der Waals surface area contributed by atoms with Gasteiger partial charge in [-0.15, -0.1) is 0 Å². The van der Waals surface area contributed by atoms with E-state index in [-0.39, 0.29) is 11.8 Å². The molecular weight excluding hydrogens is 338 g/mol. The zero-order chi connectivity index (χ0) is 18.8. The molecule has 2 aromatic carbocycles. The molecule has 4 rings (SSSR count). The van der Waals surface area contributed by atoms with Crippen molar-refractivity contribution < 1.29 is 9.59 Å². The molecule has 27 heavy (non-hydrogen) atoms. The van der Waals surface area contributed by atoms with E-state index in [2.05, 4.69) is 10.3 Å². The Morgan fingerprint density at radius 3 is 2.56 bits per heavy atom. The Labute approximate surface area is 157 Å². The van der Waals surface area contributed by atoms with Crippen LogP contribution in [0.2, 0.25) is 0 Å². The SMILES string of the molecule is Cc1ccnc(NC(=O)[C@@H](c2ccccc2)N2Cc3ccccc3C2=O)c1. The zero-order valence-corrected chi connectivity index (χ0v) is 14.9. The number of amides is 2. The van der Waals surface area contributed by atoms with Gasteiger partial charge in [0, 0.05) is 18.3 Å². The van der Waals surface area contributed by atoms with E-state index in [1.54, 1.807) is 23.2 Å². The van der Waals surface area contributed by atoms with Gasteiger partial charge in [-0.1, -0.05) is 48.5 Å². The van der Waals surface area contributed by atoms with Crippen LogP contribution in [-0.4, -0.2) is 21.7 Å². The maximum atomic E-state index is 13.2. The highest BCUT2D eigenvalue weighted by molar-refractivity contribution is 6.03. The molecule has 0 unspecified atom stereocenters. The fraction of sp³-hybridized carbons (Fsp3) is 0.136. The molecule has 2 amide bonds. The lowest BCUT2D eigenvalue weighted by Crippen LogP contribution is -2.37. The molecule has 3 aromatic rings. The largest absolute Gasteiger partial charge is 0.318 e. The molecule has 2 heterocycles. The third-order valence-electron chi connectivity index (χ3n) is 4.69. The molecular formula is C22H19N3O2. The third kappa shape index (κ3) is 3.31. The van der Waals surface area contributed by atoms with Crippen molar-refractivity contribution in [2.24, 2.45) is 0 Å². The van der Waals surface area contributed by atoms with E-state index in [9.17, 15) is 9.59 Å². The van der Waals surface area contributed by atoms with E-state index in [1.807, 2.05) is 61.5 Å². The van der Waals surface area contributed by atoms with Crippen molar-refractivity contribution in [1.29, 1.82) is 0 Å². The highest BCUT2D eigenvalue weighted by atomic mass is 16.2. The number of carbonyl (C=O) groups excluding carboxylic acids is 2. The fourth-order valence-electron chi connectivity index (χ4n) is 3.39. The normalized spacial score (nSPS) is 14.0. The first kappa shape index (κ1) is 17.0. The summed E-state index contributed by atoms with van der Waals surface area (Å²) in [6.45, 7) is 2.34. The second kappa shape index (κ2) is 7.03. The molecule has 0 bridgehead atoms. The lowest BCUT2D eigenvalue weighted by molar-refractivity contribution is -0.120. The molecule has 1 atom stereocenters. The van der Waals surface area contributed by atoms with Crippen LogP contribution >= 0.6 is 0 Å². The summed E-state index contributed by atoms with van der Waals surface area (Å²) in [4.78, 5) is 31.9. The van der Waals surface area contributed by atoms with E-state index in [0.29, 0.717) is 17.9 Å². The Bertz CT molecular complexity index is 1000. The van der Waals surface area contributed by atoms with Gasteiger partial charge in [0.25, 0.3) is 11.8 Å². The molecule has 1 aliphatic rings. The first-order chi connectivity index (χ1) is 13.1. The first-order valence-electron chi connectivity index (χ1n) is 8.81. The first-order valence-corrected chi connectivity index (χ1v) is 8.81. The smallest absolute Gasteiger partial charge is 0.255 e. The zero-order valence-electron chi connectivity index (χ0n) is 14.9. The van der Waals surface area contributed by atoms with E-state index in [1.165, 1.54) is 0 Å². The Balaban J connectivity index is 1.68. The summed E-state index contributed by atoms with van der Waals surface area (Å²) in [5.74, 6) is 0.0670. The number of benzene rings is 2. The van der Waals surface area contributed by atoms with Crippen LogP contribution in [0.25, 0.3) is 0 Å². The number of aromatic nitrogens is 1. The van der Waals surface area contributed by atoms with Gasteiger partial charge in [-0.2, -0.15) is 0 Å². The van der Waals surface area contributed by atoms with Gasteiger partial charge in [0.2, 0.25) is 0 Å². The summed E-state index contributed by atoms with van der Waals surface area (Å²) in [5, 5.41) is 2.86. The number of anilines is 1. The van der Waals surface area contributed by atoms with E-state index in [4.69, 9.17) is 0 Å². The van der Waals surface area contributed by atoms with Crippen LogP contribution < -0.4 is 5.32 Å². The van der Waals surface area contributed by atoms with Crippen molar-refractivity contribution >= 4 is 17.6 Å². The molecule has 134 valence electrons. The Hall–Kier alpha value is -3.47. The van der Waals surface area contributed by atoms with Crippen LogP contribution in [0, 0.1) is 6.92 Å². The average Bonchev–Trinajstić information content (AvgIpc) is 3.00.